The Labute approximate surface area is 116 Å². The summed E-state index contributed by atoms with van der Waals surface area (Å²) in [7, 11) is 1.74. The predicted octanol–water partition coefficient (Wildman–Crippen LogP) is 2.27. The maximum atomic E-state index is 12.3. The summed E-state index contributed by atoms with van der Waals surface area (Å²) in [4.78, 5) is 12.3. The summed E-state index contributed by atoms with van der Waals surface area (Å²) in [6, 6.07) is 0. The standard InChI is InChI=1S/C15H27NO3/c1-14(7-5-6-10-19-14)13(17)16-11-15(12-18-2)8-3-4-9-15/h3-12H2,1-2H3,(H,16,17). The molecule has 1 heterocycles. The molecule has 1 saturated heterocycles. The predicted molar refractivity (Wildman–Crippen MR) is 74.0 cm³/mol. The van der Waals surface area contributed by atoms with Gasteiger partial charge in [-0.3, -0.25) is 4.79 Å². The highest BCUT2D eigenvalue weighted by atomic mass is 16.5. The van der Waals surface area contributed by atoms with E-state index in [9.17, 15) is 4.79 Å². The number of nitrogens with one attached hydrogen (secondary N) is 1. The summed E-state index contributed by atoms with van der Waals surface area (Å²) >= 11 is 0. The summed E-state index contributed by atoms with van der Waals surface area (Å²) in [6.45, 7) is 4.08. The van der Waals surface area contributed by atoms with Gasteiger partial charge >= 0.3 is 0 Å². The first kappa shape index (κ1) is 14.8. The number of rotatable bonds is 5. The third kappa shape index (κ3) is 3.48. The maximum Gasteiger partial charge on any atom is 0.251 e. The smallest absolute Gasteiger partial charge is 0.251 e. The molecule has 1 saturated carbocycles. The van der Waals surface area contributed by atoms with Crippen LogP contribution >= 0.6 is 0 Å². The topological polar surface area (TPSA) is 47.6 Å². The Morgan fingerprint density at radius 2 is 1.89 bits per heavy atom. The van der Waals surface area contributed by atoms with Gasteiger partial charge in [0, 0.05) is 25.7 Å². The molecule has 0 spiro atoms. The Morgan fingerprint density at radius 3 is 2.47 bits per heavy atom. The average Bonchev–Trinajstić information content (AvgIpc) is 2.86. The van der Waals surface area contributed by atoms with Crippen molar-refractivity contribution in [2.24, 2.45) is 5.41 Å². The minimum Gasteiger partial charge on any atom is -0.384 e. The van der Waals surface area contributed by atoms with Crippen molar-refractivity contribution in [2.75, 3.05) is 26.9 Å². The zero-order valence-electron chi connectivity index (χ0n) is 12.3. The van der Waals surface area contributed by atoms with Crippen molar-refractivity contribution in [1.29, 1.82) is 0 Å². The van der Waals surface area contributed by atoms with Gasteiger partial charge in [0.1, 0.15) is 5.60 Å². The summed E-state index contributed by atoms with van der Waals surface area (Å²) in [6.07, 6.45) is 7.76. The maximum absolute atomic E-state index is 12.3. The van der Waals surface area contributed by atoms with Gasteiger partial charge in [0.2, 0.25) is 0 Å². The molecule has 19 heavy (non-hydrogen) atoms. The van der Waals surface area contributed by atoms with E-state index in [-0.39, 0.29) is 11.3 Å². The fourth-order valence-electron chi connectivity index (χ4n) is 3.37. The fourth-order valence-corrected chi connectivity index (χ4v) is 3.37. The molecule has 0 aromatic heterocycles. The highest BCUT2D eigenvalue weighted by molar-refractivity contribution is 5.84. The van der Waals surface area contributed by atoms with E-state index in [4.69, 9.17) is 9.47 Å². The first-order chi connectivity index (χ1) is 9.10. The van der Waals surface area contributed by atoms with Crippen molar-refractivity contribution < 1.29 is 14.3 Å². The van der Waals surface area contributed by atoms with Crippen molar-refractivity contribution >= 4 is 5.91 Å². The Kier molecular flexibility index (Phi) is 4.85. The van der Waals surface area contributed by atoms with Gasteiger partial charge in [-0.2, -0.15) is 0 Å². The van der Waals surface area contributed by atoms with E-state index < -0.39 is 5.60 Å². The normalized spacial score (nSPS) is 30.2. The zero-order valence-corrected chi connectivity index (χ0v) is 12.3. The van der Waals surface area contributed by atoms with Gasteiger partial charge in [0.05, 0.1) is 6.61 Å². The Morgan fingerprint density at radius 1 is 1.21 bits per heavy atom. The fraction of sp³-hybridized carbons (Fsp3) is 0.933. The van der Waals surface area contributed by atoms with Crippen LogP contribution in [0.1, 0.15) is 51.9 Å². The SMILES string of the molecule is COCC1(CNC(=O)C2(C)CCCCO2)CCCC1. The second-order valence-electron chi connectivity index (χ2n) is 6.36. The zero-order chi connectivity index (χ0) is 13.8. The molecule has 1 N–H and O–H groups in total. The molecule has 0 aromatic carbocycles. The van der Waals surface area contributed by atoms with Gasteiger partial charge in [0.25, 0.3) is 5.91 Å². The van der Waals surface area contributed by atoms with Crippen LogP contribution < -0.4 is 5.32 Å². The second-order valence-corrected chi connectivity index (χ2v) is 6.36. The molecular formula is C15H27NO3. The molecule has 0 bridgehead atoms. The van der Waals surface area contributed by atoms with Crippen LogP contribution in [0.5, 0.6) is 0 Å². The molecule has 110 valence electrons. The minimum atomic E-state index is -0.620. The lowest BCUT2D eigenvalue weighted by Gasteiger charge is -2.35. The van der Waals surface area contributed by atoms with Crippen molar-refractivity contribution in [2.45, 2.75) is 57.5 Å². The third-order valence-electron chi connectivity index (χ3n) is 4.69. The lowest BCUT2D eigenvalue weighted by Crippen LogP contribution is -2.51. The molecule has 2 rings (SSSR count). The molecule has 1 aliphatic heterocycles. The molecular weight excluding hydrogens is 242 g/mol. The molecule has 2 fully saturated rings. The number of methoxy groups -OCH3 is 1. The van der Waals surface area contributed by atoms with Crippen LogP contribution in [0.25, 0.3) is 0 Å². The van der Waals surface area contributed by atoms with E-state index in [0.717, 1.165) is 45.3 Å². The van der Waals surface area contributed by atoms with Crippen LogP contribution in [0, 0.1) is 5.41 Å². The van der Waals surface area contributed by atoms with E-state index >= 15 is 0 Å². The van der Waals surface area contributed by atoms with Crippen LogP contribution in [0.4, 0.5) is 0 Å². The summed E-state index contributed by atoms with van der Waals surface area (Å²) < 4.78 is 11.0. The second kappa shape index (κ2) is 6.23. The lowest BCUT2D eigenvalue weighted by molar-refractivity contribution is -0.151. The van der Waals surface area contributed by atoms with Gasteiger partial charge in [-0.1, -0.05) is 12.8 Å². The average molecular weight is 269 g/mol. The van der Waals surface area contributed by atoms with E-state index in [0.29, 0.717) is 6.61 Å². The van der Waals surface area contributed by atoms with Crippen LogP contribution in [0.3, 0.4) is 0 Å². The number of hydrogen-bond donors (Lipinski definition) is 1. The van der Waals surface area contributed by atoms with Gasteiger partial charge < -0.3 is 14.8 Å². The van der Waals surface area contributed by atoms with Crippen LogP contribution in [0.2, 0.25) is 0 Å². The van der Waals surface area contributed by atoms with E-state index in [1.54, 1.807) is 7.11 Å². The summed E-state index contributed by atoms with van der Waals surface area (Å²) in [5.41, 5.74) is -0.472. The first-order valence-corrected chi connectivity index (χ1v) is 7.52. The van der Waals surface area contributed by atoms with Crippen LogP contribution in [0.15, 0.2) is 0 Å². The van der Waals surface area contributed by atoms with Gasteiger partial charge in [-0.15, -0.1) is 0 Å². The molecule has 4 nitrogen and oxygen atoms in total. The molecule has 0 radical (unpaired) electrons. The number of carbonyl (C=O) groups is 1. The van der Waals surface area contributed by atoms with Gasteiger partial charge in [0.15, 0.2) is 0 Å². The minimum absolute atomic E-state index is 0.0505. The molecule has 1 unspecified atom stereocenters. The van der Waals surface area contributed by atoms with Crippen LogP contribution in [-0.2, 0) is 14.3 Å². The van der Waals surface area contributed by atoms with Gasteiger partial charge in [-0.05, 0) is 39.0 Å². The number of ether oxygens (including phenoxy) is 2. The lowest BCUT2D eigenvalue weighted by atomic mass is 9.86. The first-order valence-electron chi connectivity index (χ1n) is 7.52. The Hall–Kier alpha value is -0.610. The van der Waals surface area contributed by atoms with Crippen molar-refractivity contribution in [3.63, 3.8) is 0 Å². The van der Waals surface area contributed by atoms with Crippen molar-refractivity contribution in [3.05, 3.63) is 0 Å². The molecule has 0 aromatic rings. The summed E-state index contributed by atoms with van der Waals surface area (Å²) in [5, 5.41) is 3.12. The molecule has 1 amide bonds. The van der Waals surface area contributed by atoms with E-state index in [1.165, 1.54) is 12.8 Å². The highest BCUT2D eigenvalue weighted by Crippen LogP contribution is 2.38. The molecule has 1 aliphatic carbocycles. The van der Waals surface area contributed by atoms with Crippen molar-refractivity contribution in [1.82, 2.24) is 5.32 Å². The van der Waals surface area contributed by atoms with Crippen molar-refractivity contribution in [3.8, 4) is 0 Å². The third-order valence-corrected chi connectivity index (χ3v) is 4.69. The van der Waals surface area contributed by atoms with E-state index in [2.05, 4.69) is 5.32 Å². The van der Waals surface area contributed by atoms with E-state index in [1.807, 2.05) is 6.92 Å². The Bertz CT molecular complexity index is 305. The largest absolute Gasteiger partial charge is 0.384 e. The molecule has 2 aliphatic rings. The quantitative estimate of drug-likeness (QED) is 0.833. The molecule has 4 heteroatoms. The number of carbonyl (C=O) groups excluding carboxylic acids is 1. The Balaban J connectivity index is 1.88. The number of amides is 1. The monoisotopic (exact) mass is 269 g/mol. The highest BCUT2D eigenvalue weighted by Gasteiger charge is 2.39. The number of hydrogen-bond acceptors (Lipinski definition) is 3. The van der Waals surface area contributed by atoms with Crippen LogP contribution in [-0.4, -0.2) is 38.4 Å². The molecule has 1 atom stereocenters. The van der Waals surface area contributed by atoms with Gasteiger partial charge in [-0.25, -0.2) is 0 Å². The summed E-state index contributed by atoms with van der Waals surface area (Å²) in [5.74, 6) is 0.0505.